The number of carbonyl (C=O) groups excluding carboxylic acids is 3. The molecule has 4 nitrogen and oxygen atoms in total. The van der Waals surface area contributed by atoms with E-state index in [-0.39, 0.29) is 35.5 Å². The van der Waals surface area contributed by atoms with E-state index in [1.54, 1.807) is 12.1 Å². The molecule has 2 bridgehead atoms. The fraction of sp³-hybridized carbons (Fsp3) is 0.318. The number of allylic oxidation sites excluding steroid dienone is 2. The average molecular weight is 343 g/mol. The maximum absolute atomic E-state index is 13.0. The van der Waals surface area contributed by atoms with Crippen LogP contribution in [0.3, 0.4) is 0 Å². The van der Waals surface area contributed by atoms with E-state index in [0.717, 1.165) is 22.1 Å². The highest BCUT2D eigenvalue weighted by Crippen LogP contribution is 2.65. The standard InChI is InChI=1S/C22H17NO3/c24-20(13-6-5-11-3-1-2-4-12(11)9-13)23-21(25)18-14-7-8-15(17-10-16(14)17)19(18)22(23)26/h1-9,14-19H,10H2/t14-,15-,16-,17+,18+,19+/m0/s1. The van der Waals surface area contributed by atoms with Crippen LogP contribution in [0.15, 0.2) is 54.6 Å². The second-order valence-electron chi connectivity index (χ2n) is 8.03. The molecular formula is C22H17NO3. The molecule has 3 amide bonds. The lowest BCUT2D eigenvalue weighted by Gasteiger charge is -2.37. The van der Waals surface area contributed by atoms with E-state index in [0.29, 0.717) is 17.4 Å². The highest BCUT2D eigenvalue weighted by atomic mass is 16.2. The molecule has 0 unspecified atom stereocenters. The van der Waals surface area contributed by atoms with Crippen molar-refractivity contribution in [2.75, 3.05) is 0 Å². The molecule has 0 aromatic heterocycles. The molecule has 0 N–H and O–H groups in total. The first-order valence-corrected chi connectivity index (χ1v) is 9.24. The number of carbonyl (C=O) groups is 3. The topological polar surface area (TPSA) is 54.5 Å². The first-order valence-electron chi connectivity index (χ1n) is 9.24. The van der Waals surface area contributed by atoms with Gasteiger partial charge in [0.25, 0.3) is 5.91 Å². The minimum Gasteiger partial charge on any atom is -0.274 e. The summed E-state index contributed by atoms with van der Waals surface area (Å²) < 4.78 is 0. The van der Waals surface area contributed by atoms with Crippen molar-refractivity contribution in [2.24, 2.45) is 35.5 Å². The molecule has 1 aliphatic heterocycles. The van der Waals surface area contributed by atoms with Crippen molar-refractivity contribution < 1.29 is 14.4 Å². The van der Waals surface area contributed by atoms with E-state index in [1.807, 2.05) is 30.3 Å². The van der Waals surface area contributed by atoms with Gasteiger partial charge >= 0.3 is 0 Å². The van der Waals surface area contributed by atoms with Crippen LogP contribution in [0, 0.1) is 35.5 Å². The Bertz CT molecular complexity index is 1000. The Labute approximate surface area is 150 Å². The summed E-state index contributed by atoms with van der Waals surface area (Å²) in [5.41, 5.74) is 0.398. The number of fused-ring (bicyclic) bond motifs is 1. The number of amides is 3. The van der Waals surface area contributed by atoms with Crippen LogP contribution in [0.4, 0.5) is 0 Å². The van der Waals surface area contributed by atoms with E-state index in [1.165, 1.54) is 0 Å². The van der Waals surface area contributed by atoms with Gasteiger partial charge in [0, 0.05) is 5.56 Å². The number of nitrogens with zero attached hydrogens (tertiary/aromatic N) is 1. The van der Waals surface area contributed by atoms with Crippen LogP contribution < -0.4 is 0 Å². The SMILES string of the molecule is O=C(c1ccc2ccccc2c1)N1C(=O)[C@@H]2[C@H]3C=C[C@@H]([C@@H]4C[C@H]34)[C@H]2C1=O. The van der Waals surface area contributed by atoms with Gasteiger partial charge < -0.3 is 0 Å². The number of hydrogen-bond donors (Lipinski definition) is 0. The molecule has 26 heavy (non-hydrogen) atoms. The zero-order chi connectivity index (χ0) is 17.6. The van der Waals surface area contributed by atoms with E-state index >= 15 is 0 Å². The van der Waals surface area contributed by atoms with Gasteiger partial charge in [0.1, 0.15) is 0 Å². The number of benzene rings is 2. The third-order valence-electron chi connectivity index (χ3n) is 6.86. The number of rotatable bonds is 1. The van der Waals surface area contributed by atoms with Crippen molar-refractivity contribution in [1.82, 2.24) is 4.90 Å². The van der Waals surface area contributed by atoms with Crippen molar-refractivity contribution in [3.63, 3.8) is 0 Å². The highest BCUT2D eigenvalue weighted by Gasteiger charge is 2.67. The largest absolute Gasteiger partial charge is 0.274 e. The summed E-state index contributed by atoms with van der Waals surface area (Å²) in [5, 5.41) is 1.96. The van der Waals surface area contributed by atoms with E-state index in [4.69, 9.17) is 0 Å². The van der Waals surface area contributed by atoms with Crippen LogP contribution in [0.5, 0.6) is 0 Å². The minimum atomic E-state index is -0.478. The third kappa shape index (κ3) is 1.67. The number of likely N-dealkylation sites (tertiary alicyclic amines) is 1. The summed E-state index contributed by atoms with van der Waals surface area (Å²) in [4.78, 5) is 40.1. The summed E-state index contributed by atoms with van der Waals surface area (Å²) in [6, 6.07) is 13.1. The van der Waals surface area contributed by atoms with Gasteiger partial charge in [-0.1, -0.05) is 42.5 Å². The van der Waals surface area contributed by atoms with Crippen molar-refractivity contribution in [3.8, 4) is 0 Å². The molecule has 0 radical (unpaired) electrons. The van der Waals surface area contributed by atoms with Crippen molar-refractivity contribution in [1.29, 1.82) is 0 Å². The summed E-state index contributed by atoms with van der Waals surface area (Å²) >= 11 is 0. The Morgan fingerprint density at radius 3 is 2.12 bits per heavy atom. The quantitative estimate of drug-likeness (QED) is 0.591. The smallest absolute Gasteiger partial charge is 0.267 e. The van der Waals surface area contributed by atoms with E-state index in [2.05, 4.69) is 12.2 Å². The van der Waals surface area contributed by atoms with Crippen LogP contribution in [0.2, 0.25) is 0 Å². The van der Waals surface area contributed by atoms with E-state index in [9.17, 15) is 14.4 Å². The van der Waals surface area contributed by atoms with Gasteiger partial charge in [0.2, 0.25) is 11.8 Å². The Balaban J connectivity index is 1.39. The summed E-state index contributed by atoms with van der Waals surface area (Å²) in [6.45, 7) is 0. The normalized spacial score (nSPS) is 36.4. The Kier molecular flexibility index (Phi) is 2.61. The van der Waals surface area contributed by atoms with Gasteiger partial charge in [-0.2, -0.15) is 0 Å². The van der Waals surface area contributed by atoms with E-state index < -0.39 is 5.91 Å². The molecule has 0 spiro atoms. The van der Waals surface area contributed by atoms with Crippen LogP contribution in [0.25, 0.3) is 10.8 Å². The average Bonchev–Trinajstić information content (AvgIpc) is 3.45. The molecule has 4 aliphatic carbocycles. The molecule has 3 fully saturated rings. The predicted molar refractivity (Wildman–Crippen MR) is 94.8 cm³/mol. The molecule has 1 saturated heterocycles. The minimum absolute atomic E-state index is 0.140. The van der Waals surface area contributed by atoms with Gasteiger partial charge in [-0.25, -0.2) is 4.90 Å². The number of hydrogen-bond acceptors (Lipinski definition) is 3. The second-order valence-corrected chi connectivity index (χ2v) is 8.03. The summed E-state index contributed by atoms with van der Waals surface area (Å²) in [6.07, 6.45) is 5.36. The predicted octanol–water partition coefficient (Wildman–Crippen LogP) is 3.03. The molecule has 5 aliphatic rings. The fourth-order valence-corrected chi connectivity index (χ4v) is 5.61. The van der Waals surface area contributed by atoms with Crippen LogP contribution in [0.1, 0.15) is 16.8 Å². The molecule has 128 valence electrons. The maximum Gasteiger partial charge on any atom is 0.267 e. The monoisotopic (exact) mass is 343 g/mol. The lowest BCUT2D eigenvalue weighted by molar-refractivity contribution is -0.136. The fourth-order valence-electron chi connectivity index (χ4n) is 5.61. The Morgan fingerprint density at radius 1 is 0.846 bits per heavy atom. The van der Waals surface area contributed by atoms with Gasteiger partial charge in [-0.05, 0) is 53.0 Å². The van der Waals surface area contributed by atoms with Crippen molar-refractivity contribution in [2.45, 2.75) is 6.42 Å². The Hall–Kier alpha value is -2.75. The first-order chi connectivity index (χ1) is 12.6. The second kappa shape index (κ2) is 4.70. The first kappa shape index (κ1) is 14.4. The third-order valence-corrected chi connectivity index (χ3v) is 6.86. The molecule has 4 heteroatoms. The molecule has 7 rings (SSSR count). The molecular weight excluding hydrogens is 326 g/mol. The highest BCUT2D eigenvalue weighted by molar-refractivity contribution is 6.22. The lowest BCUT2D eigenvalue weighted by Crippen LogP contribution is -2.40. The Morgan fingerprint density at radius 2 is 1.46 bits per heavy atom. The van der Waals surface area contributed by atoms with Gasteiger partial charge in [0.15, 0.2) is 0 Å². The zero-order valence-corrected chi connectivity index (χ0v) is 14.0. The van der Waals surface area contributed by atoms with Gasteiger partial charge in [-0.15, -0.1) is 0 Å². The summed E-state index contributed by atoms with van der Waals surface area (Å²) in [5.74, 6) is -0.352. The summed E-state index contributed by atoms with van der Waals surface area (Å²) in [7, 11) is 0. The molecule has 6 atom stereocenters. The zero-order valence-electron chi connectivity index (χ0n) is 14.0. The van der Waals surface area contributed by atoms with Crippen molar-refractivity contribution in [3.05, 3.63) is 60.2 Å². The maximum atomic E-state index is 13.0. The van der Waals surface area contributed by atoms with Crippen LogP contribution >= 0.6 is 0 Å². The molecule has 2 aromatic carbocycles. The van der Waals surface area contributed by atoms with Crippen LogP contribution in [-0.4, -0.2) is 22.6 Å². The van der Waals surface area contributed by atoms with Gasteiger partial charge in [-0.3, -0.25) is 14.4 Å². The van der Waals surface area contributed by atoms with Crippen LogP contribution in [-0.2, 0) is 9.59 Å². The van der Waals surface area contributed by atoms with Gasteiger partial charge in [0.05, 0.1) is 11.8 Å². The molecule has 1 heterocycles. The number of imide groups is 3. The molecule has 2 aromatic rings. The van der Waals surface area contributed by atoms with Crippen molar-refractivity contribution >= 4 is 28.5 Å². The molecule has 2 saturated carbocycles. The lowest BCUT2D eigenvalue weighted by atomic mass is 9.63.